The van der Waals surface area contributed by atoms with E-state index in [2.05, 4.69) is 63.8 Å². The Kier molecular flexibility index (Phi) is 6.68. The number of fused-ring (bicyclic) bond motifs is 3. The molecule has 0 unspecified atom stereocenters. The Morgan fingerprint density at radius 2 is 1.81 bits per heavy atom. The van der Waals surface area contributed by atoms with Gasteiger partial charge in [-0.3, -0.25) is 14.3 Å². The summed E-state index contributed by atoms with van der Waals surface area (Å²) in [4.78, 5) is 38.7. The van der Waals surface area contributed by atoms with E-state index in [4.69, 9.17) is 14.5 Å². The molecule has 1 saturated heterocycles. The van der Waals surface area contributed by atoms with Crippen LogP contribution in [0.5, 0.6) is 0 Å². The normalized spacial score (nSPS) is 22.5. The van der Waals surface area contributed by atoms with Gasteiger partial charge in [-0.1, -0.05) is 66.7 Å². The molecule has 0 radical (unpaired) electrons. The monoisotopic (exact) mass is 641 g/mol. The van der Waals surface area contributed by atoms with Crippen molar-refractivity contribution in [2.45, 2.75) is 49.8 Å². The molecule has 9 rings (SSSR count). The molecule has 5 aromatic carbocycles. The molecule has 1 aliphatic carbocycles. The van der Waals surface area contributed by atoms with Crippen LogP contribution < -0.4 is 10.9 Å². The fourth-order valence-electron chi connectivity index (χ4n) is 7.59. The Morgan fingerprint density at radius 3 is 2.60 bits per heavy atom. The molecule has 11 heteroatoms. The standard InChI is InChI=1S/C37H31N5O6/c43-17-27-25(44)16-28(47-27)42-18-38-33-34(42)40-37(41-35(33)45)39-32-26(48-36(46)21-5-2-1-3-6-21)14-12-23-15-22-10-9-19-7-4-8-20-11-13-24(31(23)32)30(22)29(19)20/h1-11,13,15,18,25-28,32,43-44H,12,14,16-17H2,(H2,39,40,41,45)/t25-,26+,27+,28+,32-/m0/s1. The van der Waals surface area contributed by atoms with Crippen LogP contribution in [0.25, 0.3) is 43.5 Å². The highest BCUT2D eigenvalue weighted by molar-refractivity contribution is 6.24. The van der Waals surface area contributed by atoms with Gasteiger partial charge in [0.1, 0.15) is 18.4 Å². The van der Waals surface area contributed by atoms with Crippen molar-refractivity contribution in [2.75, 3.05) is 11.9 Å². The molecular weight excluding hydrogens is 610 g/mol. The van der Waals surface area contributed by atoms with Crippen molar-refractivity contribution in [1.29, 1.82) is 0 Å². The lowest BCUT2D eigenvalue weighted by Crippen LogP contribution is -2.36. The summed E-state index contributed by atoms with van der Waals surface area (Å²) < 4.78 is 13.7. The molecule has 4 N–H and O–H groups in total. The number of aliphatic hydroxyl groups is 2. The predicted molar refractivity (Wildman–Crippen MR) is 180 cm³/mol. The van der Waals surface area contributed by atoms with Crippen LogP contribution in [0.4, 0.5) is 5.95 Å². The van der Waals surface area contributed by atoms with E-state index in [1.54, 1.807) is 28.8 Å². The minimum absolute atomic E-state index is 0.116. The number of aliphatic hydroxyl groups excluding tert-OH is 2. The van der Waals surface area contributed by atoms with Crippen LogP contribution in [0, 0.1) is 0 Å². The van der Waals surface area contributed by atoms with Gasteiger partial charge in [0.05, 0.1) is 30.6 Å². The molecule has 0 saturated carbocycles. The molecule has 7 aromatic rings. The van der Waals surface area contributed by atoms with Crippen molar-refractivity contribution in [3.63, 3.8) is 0 Å². The molecule has 0 bridgehead atoms. The van der Waals surface area contributed by atoms with E-state index in [-0.39, 0.29) is 30.1 Å². The van der Waals surface area contributed by atoms with Gasteiger partial charge in [0.25, 0.3) is 5.56 Å². The number of nitrogens with one attached hydrogen (secondary N) is 2. The van der Waals surface area contributed by atoms with Gasteiger partial charge in [-0.15, -0.1) is 0 Å². The second kappa shape index (κ2) is 11.1. The molecule has 3 heterocycles. The van der Waals surface area contributed by atoms with Crippen molar-refractivity contribution in [3.05, 3.63) is 112 Å². The highest BCUT2D eigenvalue weighted by Gasteiger charge is 2.37. The maximum absolute atomic E-state index is 13.4. The van der Waals surface area contributed by atoms with Crippen molar-refractivity contribution < 1.29 is 24.5 Å². The zero-order valence-corrected chi connectivity index (χ0v) is 25.7. The number of aromatic amines is 1. The fourth-order valence-corrected chi connectivity index (χ4v) is 7.59. The minimum atomic E-state index is -0.868. The van der Waals surface area contributed by atoms with E-state index >= 15 is 0 Å². The van der Waals surface area contributed by atoms with Gasteiger partial charge in [0, 0.05) is 6.42 Å². The number of benzene rings is 5. The molecule has 1 aliphatic heterocycles. The Hall–Kier alpha value is -5.36. The van der Waals surface area contributed by atoms with Gasteiger partial charge in [-0.25, -0.2) is 9.78 Å². The first kappa shape index (κ1) is 28.8. The average Bonchev–Trinajstić information content (AvgIpc) is 3.71. The summed E-state index contributed by atoms with van der Waals surface area (Å²) in [5.74, 6) is -0.255. The van der Waals surface area contributed by atoms with Crippen LogP contribution in [0.1, 0.15) is 46.6 Å². The molecular formula is C37H31N5O6. The molecule has 11 nitrogen and oxygen atoms in total. The Balaban J connectivity index is 1.19. The summed E-state index contributed by atoms with van der Waals surface area (Å²) in [6, 6.07) is 25.4. The number of carbonyl (C=O) groups excluding carboxylic acids is 1. The third-order valence-electron chi connectivity index (χ3n) is 9.84. The molecule has 2 aliphatic rings. The predicted octanol–water partition coefficient (Wildman–Crippen LogP) is 4.98. The summed E-state index contributed by atoms with van der Waals surface area (Å²) in [5.41, 5.74) is 2.49. The Morgan fingerprint density at radius 1 is 1.02 bits per heavy atom. The SMILES string of the molecule is O=C(O[C@@H]1CCc2cc3ccc4cccc5ccc(c2[C@H]1Nc1nc2c(ncn2[C@H]2C[C@H](O)[C@@H](CO)O2)c(=O)[nH]1)c3c45)c1ccccc1. The number of nitrogens with zero attached hydrogens (tertiary/aromatic N) is 3. The van der Waals surface area contributed by atoms with Crippen LogP contribution in [-0.2, 0) is 15.9 Å². The summed E-state index contributed by atoms with van der Waals surface area (Å²) in [6.07, 6.45) is 0.0422. The Bertz CT molecular complexity index is 2390. The molecule has 5 atom stereocenters. The third-order valence-corrected chi connectivity index (χ3v) is 9.84. The van der Waals surface area contributed by atoms with Gasteiger partial charge >= 0.3 is 5.97 Å². The number of aromatic nitrogens is 4. The topological polar surface area (TPSA) is 152 Å². The van der Waals surface area contributed by atoms with E-state index in [0.29, 0.717) is 18.4 Å². The minimum Gasteiger partial charge on any atom is -0.456 e. The summed E-state index contributed by atoms with van der Waals surface area (Å²) in [5, 5.41) is 30.2. The lowest BCUT2D eigenvalue weighted by atomic mass is 9.80. The number of hydrogen-bond donors (Lipinski definition) is 4. The summed E-state index contributed by atoms with van der Waals surface area (Å²) in [7, 11) is 0. The number of rotatable bonds is 6. The van der Waals surface area contributed by atoms with Crippen LogP contribution >= 0.6 is 0 Å². The largest absolute Gasteiger partial charge is 0.456 e. The first-order valence-corrected chi connectivity index (χ1v) is 16.1. The average molecular weight is 642 g/mol. The highest BCUT2D eigenvalue weighted by atomic mass is 16.5. The quantitative estimate of drug-likeness (QED) is 0.146. The maximum Gasteiger partial charge on any atom is 0.338 e. The molecule has 2 aromatic heterocycles. The maximum atomic E-state index is 13.4. The number of ether oxygens (including phenoxy) is 2. The van der Waals surface area contributed by atoms with Crippen LogP contribution in [0.3, 0.4) is 0 Å². The number of anilines is 1. The molecule has 240 valence electrons. The molecule has 1 fully saturated rings. The first-order valence-electron chi connectivity index (χ1n) is 16.1. The Labute approximate surface area is 273 Å². The van der Waals surface area contributed by atoms with E-state index in [9.17, 15) is 19.8 Å². The van der Waals surface area contributed by atoms with Gasteiger partial charge in [0.15, 0.2) is 11.2 Å². The van der Waals surface area contributed by atoms with Crippen molar-refractivity contribution in [1.82, 2.24) is 19.5 Å². The smallest absolute Gasteiger partial charge is 0.338 e. The van der Waals surface area contributed by atoms with E-state index in [0.717, 1.165) is 38.1 Å². The fraction of sp³-hybridized carbons (Fsp3) is 0.243. The van der Waals surface area contributed by atoms with Crippen molar-refractivity contribution in [3.8, 4) is 0 Å². The van der Waals surface area contributed by atoms with Gasteiger partial charge in [-0.05, 0) is 68.4 Å². The van der Waals surface area contributed by atoms with Crippen LogP contribution in [-0.4, -0.2) is 60.6 Å². The van der Waals surface area contributed by atoms with E-state index in [1.807, 2.05) is 6.07 Å². The van der Waals surface area contributed by atoms with Crippen LogP contribution in [0.2, 0.25) is 0 Å². The third kappa shape index (κ3) is 4.54. The first-order chi connectivity index (χ1) is 23.5. The second-order valence-corrected chi connectivity index (χ2v) is 12.6. The van der Waals surface area contributed by atoms with Crippen LogP contribution in [0.15, 0.2) is 90.0 Å². The van der Waals surface area contributed by atoms with Gasteiger partial charge in [0.2, 0.25) is 5.95 Å². The molecule has 0 amide bonds. The number of carbonyl (C=O) groups is 1. The number of imidazole rings is 1. The van der Waals surface area contributed by atoms with Gasteiger partial charge in [-0.2, -0.15) is 4.98 Å². The zero-order valence-electron chi connectivity index (χ0n) is 25.7. The van der Waals surface area contributed by atoms with Gasteiger partial charge < -0.3 is 25.0 Å². The molecule has 48 heavy (non-hydrogen) atoms. The van der Waals surface area contributed by atoms with Crippen molar-refractivity contribution >= 4 is 55.4 Å². The van der Waals surface area contributed by atoms with E-state index < -0.39 is 42.1 Å². The summed E-state index contributed by atoms with van der Waals surface area (Å²) >= 11 is 0. The number of H-pyrrole nitrogens is 1. The van der Waals surface area contributed by atoms with Crippen molar-refractivity contribution in [2.24, 2.45) is 0 Å². The number of aryl methyl sites for hydroxylation is 1. The molecule has 0 spiro atoms. The zero-order chi connectivity index (χ0) is 32.5. The number of esters is 1. The lowest BCUT2D eigenvalue weighted by Gasteiger charge is -2.35. The number of hydrogen-bond acceptors (Lipinski definition) is 9. The summed E-state index contributed by atoms with van der Waals surface area (Å²) in [6.45, 7) is -0.336. The second-order valence-electron chi connectivity index (χ2n) is 12.6. The lowest BCUT2D eigenvalue weighted by molar-refractivity contribution is -0.0432. The highest BCUT2D eigenvalue weighted by Crippen LogP contribution is 2.44. The van der Waals surface area contributed by atoms with E-state index in [1.165, 1.54) is 11.7 Å².